The van der Waals surface area contributed by atoms with Gasteiger partial charge in [-0.05, 0) is 45.3 Å². The monoisotopic (exact) mass is 170 g/mol. The molecular weight excluding hydrogens is 148 g/mol. The summed E-state index contributed by atoms with van der Waals surface area (Å²) in [5.41, 5.74) is 6.21. The fourth-order valence-corrected chi connectivity index (χ4v) is 2.28. The van der Waals surface area contributed by atoms with E-state index in [-0.39, 0.29) is 0 Å². The third-order valence-electron chi connectivity index (χ3n) is 3.49. The van der Waals surface area contributed by atoms with E-state index < -0.39 is 0 Å². The molecule has 1 saturated carbocycles. The molecule has 12 heavy (non-hydrogen) atoms. The third-order valence-corrected chi connectivity index (χ3v) is 3.49. The molecule has 0 spiro atoms. The van der Waals surface area contributed by atoms with Gasteiger partial charge in [-0.15, -0.1) is 0 Å². The van der Waals surface area contributed by atoms with Crippen molar-refractivity contribution in [3.8, 4) is 0 Å². The van der Waals surface area contributed by atoms with Crippen LogP contribution in [0.15, 0.2) is 0 Å². The van der Waals surface area contributed by atoms with Gasteiger partial charge in [0.2, 0.25) is 0 Å². The van der Waals surface area contributed by atoms with Gasteiger partial charge in [-0.3, -0.25) is 0 Å². The zero-order valence-corrected chi connectivity index (χ0v) is 8.64. The molecule has 1 aliphatic carbocycles. The van der Waals surface area contributed by atoms with Gasteiger partial charge in [0, 0.05) is 6.04 Å². The molecule has 1 aliphatic rings. The maximum absolute atomic E-state index is 5.61. The van der Waals surface area contributed by atoms with Crippen LogP contribution in [0.4, 0.5) is 0 Å². The Morgan fingerprint density at radius 3 is 2.33 bits per heavy atom. The zero-order chi connectivity index (χ0) is 9.19. The van der Waals surface area contributed by atoms with Gasteiger partial charge in [-0.1, -0.05) is 13.3 Å². The lowest BCUT2D eigenvalue weighted by molar-refractivity contribution is 0.0164. The van der Waals surface area contributed by atoms with Crippen molar-refractivity contribution < 1.29 is 0 Å². The van der Waals surface area contributed by atoms with Gasteiger partial charge in [0.05, 0.1) is 0 Å². The summed E-state index contributed by atoms with van der Waals surface area (Å²) in [5.74, 6) is 0. The van der Waals surface area contributed by atoms with Crippen molar-refractivity contribution in [2.24, 2.45) is 11.1 Å². The summed E-state index contributed by atoms with van der Waals surface area (Å²) in [7, 11) is 4.35. The molecule has 72 valence electrons. The Bertz CT molecular complexity index is 137. The van der Waals surface area contributed by atoms with E-state index in [4.69, 9.17) is 5.73 Å². The fourth-order valence-electron chi connectivity index (χ4n) is 2.28. The molecule has 0 radical (unpaired) electrons. The quantitative estimate of drug-likeness (QED) is 0.692. The van der Waals surface area contributed by atoms with Crippen LogP contribution in [0.2, 0.25) is 0 Å². The van der Waals surface area contributed by atoms with E-state index in [2.05, 4.69) is 25.9 Å². The maximum atomic E-state index is 5.61. The number of nitrogens with two attached hydrogens (primary N) is 1. The minimum absolute atomic E-state index is 0.601. The van der Waals surface area contributed by atoms with E-state index in [1.807, 2.05) is 0 Å². The van der Waals surface area contributed by atoms with Gasteiger partial charge in [-0.25, -0.2) is 0 Å². The average Bonchev–Trinajstić information content (AvgIpc) is 1.95. The Morgan fingerprint density at radius 1 is 1.42 bits per heavy atom. The van der Waals surface area contributed by atoms with Gasteiger partial charge in [0.15, 0.2) is 0 Å². The number of hydrogen-bond acceptors (Lipinski definition) is 2. The van der Waals surface area contributed by atoms with Gasteiger partial charge in [-0.2, -0.15) is 0 Å². The molecule has 0 atom stereocenters. The van der Waals surface area contributed by atoms with Gasteiger partial charge >= 0.3 is 0 Å². The molecule has 0 heterocycles. The average molecular weight is 170 g/mol. The molecule has 2 nitrogen and oxygen atoms in total. The Kier molecular flexibility index (Phi) is 3.13. The zero-order valence-electron chi connectivity index (χ0n) is 8.64. The van der Waals surface area contributed by atoms with Crippen LogP contribution in [0, 0.1) is 5.41 Å². The Balaban J connectivity index is 2.35. The second kappa shape index (κ2) is 3.75. The molecule has 0 bridgehead atoms. The summed E-state index contributed by atoms with van der Waals surface area (Å²) in [6.07, 6.45) is 5.23. The Labute approximate surface area is 76.1 Å². The highest BCUT2D eigenvalue weighted by molar-refractivity contribution is 4.96. The first kappa shape index (κ1) is 10.0. The minimum Gasteiger partial charge on any atom is -0.330 e. The van der Waals surface area contributed by atoms with Crippen molar-refractivity contribution in [2.75, 3.05) is 20.6 Å². The van der Waals surface area contributed by atoms with Crippen molar-refractivity contribution in [3.05, 3.63) is 0 Å². The topological polar surface area (TPSA) is 29.3 Å². The lowest BCUT2D eigenvalue weighted by atomic mass is 9.61. The second-order valence-electron chi connectivity index (χ2n) is 4.42. The van der Waals surface area contributed by atoms with E-state index in [0.29, 0.717) is 5.41 Å². The summed E-state index contributed by atoms with van der Waals surface area (Å²) >= 11 is 0. The highest BCUT2D eigenvalue weighted by Crippen LogP contribution is 2.47. The standard InChI is InChI=1S/C10H22N2/c1-4-10(5-6-11)7-9(8-10)12(2)3/h9H,4-8,11H2,1-3H3. The van der Waals surface area contributed by atoms with Crippen LogP contribution in [0.5, 0.6) is 0 Å². The summed E-state index contributed by atoms with van der Waals surface area (Å²) in [6, 6.07) is 0.816. The smallest absolute Gasteiger partial charge is 0.00997 e. The number of hydrogen-bond donors (Lipinski definition) is 1. The van der Waals surface area contributed by atoms with Crippen LogP contribution in [-0.4, -0.2) is 31.6 Å². The molecular formula is C10H22N2. The highest BCUT2D eigenvalue weighted by atomic mass is 15.1. The summed E-state index contributed by atoms with van der Waals surface area (Å²) < 4.78 is 0. The van der Waals surface area contributed by atoms with Crippen LogP contribution >= 0.6 is 0 Å². The van der Waals surface area contributed by atoms with Gasteiger partial charge < -0.3 is 10.6 Å². The minimum atomic E-state index is 0.601. The normalized spacial score (nSPS) is 35.2. The van der Waals surface area contributed by atoms with E-state index in [0.717, 1.165) is 12.6 Å². The van der Waals surface area contributed by atoms with E-state index >= 15 is 0 Å². The number of nitrogens with zero attached hydrogens (tertiary/aromatic N) is 1. The van der Waals surface area contributed by atoms with Crippen LogP contribution in [0.25, 0.3) is 0 Å². The van der Waals surface area contributed by atoms with Crippen LogP contribution in [0.3, 0.4) is 0 Å². The van der Waals surface area contributed by atoms with E-state index in [1.54, 1.807) is 0 Å². The SMILES string of the molecule is CCC1(CCN)CC(N(C)C)C1. The second-order valence-corrected chi connectivity index (χ2v) is 4.42. The van der Waals surface area contributed by atoms with Crippen LogP contribution < -0.4 is 5.73 Å². The number of rotatable bonds is 4. The predicted octanol–water partition coefficient (Wildman–Crippen LogP) is 1.46. The first-order valence-corrected chi connectivity index (χ1v) is 5.00. The van der Waals surface area contributed by atoms with Crippen molar-refractivity contribution in [2.45, 2.75) is 38.6 Å². The van der Waals surface area contributed by atoms with Crippen molar-refractivity contribution in [1.82, 2.24) is 4.90 Å². The largest absolute Gasteiger partial charge is 0.330 e. The molecule has 0 aromatic heterocycles. The Hall–Kier alpha value is -0.0800. The maximum Gasteiger partial charge on any atom is 0.00997 e. The third kappa shape index (κ3) is 1.80. The summed E-state index contributed by atoms with van der Waals surface area (Å²) in [5, 5.41) is 0. The van der Waals surface area contributed by atoms with Crippen molar-refractivity contribution in [1.29, 1.82) is 0 Å². The first-order chi connectivity index (χ1) is 5.63. The molecule has 0 aliphatic heterocycles. The van der Waals surface area contributed by atoms with E-state index in [9.17, 15) is 0 Å². The Morgan fingerprint density at radius 2 is 2.00 bits per heavy atom. The molecule has 0 unspecified atom stereocenters. The van der Waals surface area contributed by atoms with Crippen molar-refractivity contribution >= 4 is 0 Å². The summed E-state index contributed by atoms with van der Waals surface area (Å²) in [6.45, 7) is 3.15. The van der Waals surface area contributed by atoms with Crippen LogP contribution in [-0.2, 0) is 0 Å². The molecule has 0 aromatic rings. The molecule has 2 N–H and O–H groups in total. The predicted molar refractivity (Wildman–Crippen MR) is 53.1 cm³/mol. The molecule has 1 fully saturated rings. The highest BCUT2D eigenvalue weighted by Gasteiger charge is 2.42. The molecule has 0 amide bonds. The molecule has 2 heteroatoms. The van der Waals surface area contributed by atoms with Gasteiger partial charge in [0.25, 0.3) is 0 Å². The first-order valence-electron chi connectivity index (χ1n) is 5.00. The molecule has 0 saturated heterocycles. The lowest BCUT2D eigenvalue weighted by Crippen LogP contribution is -2.48. The molecule has 0 aromatic carbocycles. The van der Waals surface area contributed by atoms with Crippen LogP contribution in [0.1, 0.15) is 32.6 Å². The lowest BCUT2D eigenvalue weighted by Gasteiger charge is -2.50. The van der Waals surface area contributed by atoms with E-state index in [1.165, 1.54) is 25.7 Å². The van der Waals surface area contributed by atoms with Crippen molar-refractivity contribution in [3.63, 3.8) is 0 Å². The molecule has 1 rings (SSSR count). The van der Waals surface area contributed by atoms with Gasteiger partial charge in [0.1, 0.15) is 0 Å². The fraction of sp³-hybridized carbons (Fsp3) is 1.00. The summed E-state index contributed by atoms with van der Waals surface area (Å²) in [4.78, 5) is 2.34.